The normalized spacial score (nSPS) is 19.0. The van der Waals surface area contributed by atoms with E-state index >= 15 is 0 Å². The van der Waals surface area contributed by atoms with Gasteiger partial charge >= 0.3 is 12.2 Å². The second kappa shape index (κ2) is 30.9. The Balaban J connectivity index is 0.842. The van der Waals surface area contributed by atoms with Gasteiger partial charge in [0.1, 0.15) is 24.3 Å². The molecule has 5 heterocycles. The number of methoxy groups -OCH3 is 2. The number of carbonyl (C=O) groups is 10. The first-order valence-corrected chi connectivity index (χ1v) is 32.6. The summed E-state index contributed by atoms with van der Waals surface area (Å²) in [5.74, 6) is -3.54. The Labute approximate surface area is 569 Å². The van der Waals surface area contributed by atoms with Gasteiger partial charge < -0.3 is 74.4 Å². The lowest BCUT2D eigenvalue weighted by atomic mass is 9.98. The molecule has 8 rings (SSSR count). The fraction of sp³-hybridized carbons (Fsp3) is 0.514. The van der Waals surface area contributed by atoms with E-state index in [2.05, 4.69) is 34.4 Å². The number of imide groups is 1. The molecule has 0 aliphatic carbocycles. The van der Waals surface area contributed by atoms with Crippen LogP contribution >= 0.6 is 0 Å². The van der Waals surface area contributed by atoms with Gasteiger partial charge in [-0.25, -0.2) is 19.4 Å². The Hall–Kier alpha value is -9.54. The number of nitrogens with one attached hydrogen (secondary N) is 4. The molecule has 0 saturated carbocycles. The lowest BCUT2D eigenvalue weighted by molar-refractivity contribution is -0.137. The minimum atomic E-state index is -1.61. The molecule has 6 atom stereocenters. The van der Waals surface area contributed by atoms with Gasteiger partial charge in [0.25, 0.3) is 23.6 Å². The lowest BCUT2D eigenvalue weighted by Gasteiger charge is -2.33. The molecule has 0 radical (unpaired) electrons. The van der Waals surface area contributed by atoms with Crippen LogP contribution in [-0.2, 0) is 49.6 Å². The van der Waals surface area contributed by atoms with Crippen LogP contribution in [-0.4, -0.2) is 191 Å². The van der Waals surface area contributed by atoms with Crippen LogP contribution in [0.1, 0.15) is 140 Å². The molecule has 0 bridgehead atoms. The molecular weight excluding hydrogens is 1270 g/mol. The van der Waals surface area contributed by atoms with Crippen LogP contribution in [0.25, 0.3) is 0 Å². The Morgan fingerprint density at radius 3 is 1.66 bits per heavy atom. The third-order valence-corrected chi connectivity index (χ3v) is 17.2. The number of aliphatic hydroxyl groups is 2. The molecule has 5 aliphatic heterocycles. The van der Waals surface area contributed by atoms with E-state index in [-0.39, 0.29) is 135 Å². The zero-order valence-corrected chi connectivity index (χ0v) is 57.7. The lowest BCUT2D eigenvalue weighted by Crippen LogP contribution is -2.53. The standard InChI is InChI=1S/C70H91N9O19/c1-39(2)59(73-55(80)22-24-70(11,12)97-29-25-69(9,10)74-56(81)23-26-75-57(82)20-21-58(75)83)61(85)71-42(5)60(84)72-44-18-16-43(17-19-44)38-96-66(90)78-47-34-53(51(92-13)32-45(47)62(86)76-36-40(3)30-49(76)64(78)88)94-27-15-28-95-54-35-48-46(33-52(54)93-14)63(87)77-37-41(4)31-50(77)65(89)79(48)67(91)98-68(6,7)8/h16-21,32-35,39,42,49-50,59,64-65,88-89H,3-4,15,22-31,36-38H2,1-2,5-14H3,(H,71,85)(H,72,84)(H,73,80)(H,74,81)/t42-,49-,50-,59-,64-,65-/m0/s1. The Morgan fingerprint density at radius 2 is 1.16 bits per heavy atom. The maximum Gasteiger partial charge on any atom is 0.417 e. The summed E-state index contributed by atoms with van der Waals surface area (Å²) >= 11 is 0. The minimum Gasteiger partial charge on any atom is -0.493 e. The number of amides is 10. The molecule has 0 spiro atoms. The van der Waals surface area contributed by atoms with Crippen molar-refractivity contribution in [1.29, 1.82) is 0 Å². The Morgan fingerprint density at radius 1 is 0.643 bits per heavy atom. The molecule has 5 aliphatic rings. The zero-order valence-electron chi connectivity index (χ0n) is 57.7. The van der Waals surface area contributed by atoms with Crippen molar-refractivity contribution in [3.05, 3.63) is 102 Å². The van der Waals surface area contributed by atoms with E-state index in [0.717, 1.165) is 26.9 Å². The highest BCUT2D eigenvalue weighted by Gasteiger charge is 2.49. The topological polar surface area (TPSA) is 340 Å². The smallest absolute Gasteiger partial charge is 0.417 e. The van der Waals surface area contributed by atoms with Crippen molar-refractivity contribution in [3.63, 3.8) is 0 Å². The van der Waals surface area contributed by atoms with Gasteiger partial charge in [0.15, 0.2) is 35.5 Å². The molecule has 3 aromatic rings. The van der Waals surface area contributed by atoms with Crippen molar-refractivity contribution in [1.82, 2.24) is 30.7 Å². The number of hydrogen-bond donors (Lipinski definition) is 6. The molecule has 6 N–H and O–H groups in total. The van der Waals surface area contributed by atoms with Gasteiger partial charge in [-0.05, 0) is 117 Å². The van der Waals surface area contributed by atoms with Gasteiger partial charge in [-0.3, -0.25) is 43.3 Å². The predicted octanol–water partition coefficient (Wildman–Crippen LogP) is 6.40. The average molecular weight is 1360 g/mol. The summed E-state index contributed by atoms with van der Waals surface area (Å²) in [7, 11) is 2.78. The van der Waals surface area contributed by atoms with Crippen LogP contribution in [0.4, 0.5) is 26.7 Å². The Bertz CT molecular complexity index is 3620. The van der Waals surface area contributed by atoms with Crippen LogP contribution in [0, 0.1) is 5.92 Å². The van der Waals surface area contributed by atoms with Crippen molar-refractivity contribution in [2.75, 3.05) is 68.8 Å². The third-order valence-electron chi connectivity index (χ3n) is 17.2. The van der Waals surface area contributed by atoms with Crippen molar-refractivity contribution < 1.29 is 91.3 Å². The second-order valence-electron chi connectivity index (χ2n) is 27.5. The summed E-state index contributed by atoms with van der Waals surface area (Å²) in [4.78, 5) is 139. The van der Waals surface area contributed by atoms with Crippen molar-refractivity contribution in [3.8, 4) is 23.0 Å². The number of rotatable bonds is 27. The summed E-state index contributed by atoms with van der Waals surface area (Å²) in [6.07, 6.45) is -1.30. The zero-order chi connectivity index (χ0) is 71.9. The van der Waals surface area contributed by atoms with Gasteiger partial charge in [0.2, 0.25) is 23.6 Å². The maximum absolute atomic E-state index is 14.4. The van der Waals surface area contributed by atoms with Crippen LogP contribution in [0.2, 0.25) is 0 Å². The molecule has 530 valence electrons. The van der Waals surface area contributed by atoms with Crippen molar-refractivity contribution in [2.24, 2.45) is 5.92 Å². The maximum atomic E-state index is 14.4. The van der Waals surface area contributed by atoms with E-state index in [1.807, 2.05) is 27.7 Å². The van der Waals surface area contributed by atoms with Crippen LogP contribution in [0.3, 0.4) is 0 Å². The number of fused-ring (bicyclic) bond motifs is 4. The molecule has 0 unspecified atom stereocenters. The predicted molar refractivity (Wildman–Crippen MR) is 358 cm³/mol. The summed E-state index contributed by atoms with van der Waals surface area (Å²) in [5, 5.41) is 34.9. The number of ether oxygens (including phenoxy) is 7. The van der Waals surface area contributed by atoms with E-state index in [1.54, 1.807) is 58.9 Å². The number of benzene rings is 3. The number of carbonyl (C=O) groups excluding carboxylic acids is 10. The van der Waals surface area contributed by atoms with Crippen LogP contribution in [0.5, 0.6) is 23.0 Å². The molecule has 2 saturated heterocycles. The van der Waals surface area contributed by atoms with Crippen molar-refractivity contribution >= 4 is 76.5 Å². The number of anilines is 3. The highest BCUT2D eigenvalue weighted by Crippen LogP contribution is 2.44. The SMILES string of the molecule is C=C1C[C@H]2[C@H](O)N(C(=O)OCc3ccc(NC(=O)[C@H](C)NC(=O)[C@@H](NC(=O)CCC(C)(C)OCCC(C)(C)NC(=O)CCN4C(=O)C=CC4=O)C(C)C)cc3)c3cc(OCCCOc4cc5c(cc4OC)C(=O)N4CC(=C)C[C@H]4[C@H](O)N5C(=O)OC(C)(C)C)c(OC)cc3C(=O)N2C1. The van der Waals surface area contributed by atoms with Crippen LogP contribution < -0.4 is 50.0 Å². The number of hydrogen-bond acceptors (Lipinski definition) is 19. The van der Waals surface area contributed by atoms with Gasteiger partial charge in [-0.2, -0.15) is 0 Å². The second-order valence-corrected chi connectivity index (χ2v) is 27.5. The minimum absolute atomic E-state index is 0.00474. The van der Waals surface area contributed by atoms with Gasteiger partial charge in [-0.15, -0.1) is 0 Å². The molecule has 3 aromatic carbocycles. The van der Waals surface area contributed by atoms with Gasteiger partial charge in [0.05, 0.1) is 67.6 Å². The van der Waals surface area contributed by atoms with E-state index in [0.29, 0.717) is 35.2 Å². The molecular formula is C70H91N9O19. The molecule has 98 heavy (non-hydrogen) atoms. The molecule has 28 heteroatoms. The first-order chi connectivity index (χ1) is 46.1. The first-order valence-electron chi connectivity index (χ1n) is 32.6. The number of aliphatic hydroxyl groups excluding tert-OH is 2. The molecule has 0 aromatic heterocycles. The molecule has 28 nitrogen and oxygen atoms in total. The van der Waals surface area contributed by atoms with E-state index in [4.69, 9.17) is 33.2 Å². The fourth-order valence-corrected chi connectivity index (χ4v) is 11.8. The summed E-state index contributed by atoms with van der Waals surface area (Å²) in [6.45, 7) is 25.6. The Kier molecular flexibility index (Phi) is 23.4. The summed E-state index contributed by atoms with van der Waals surface area (Å²) in [5.41, 5.74) is -0.0682. The fourth-order valence-electron chi connectivity index (χ4n) is 11.8. The third kappa shape index (κ3) is 18.0. The monoisotopic (exact) mass is 1360 g/mol. The first kappa shape index (κ1) is 74.3. The molecule has 2 fully saturated rings. The average Bonchev–Trinajstić information content (AvgIpc) is 1.60. The van der Waals surface area contributed by atoms with Gasteiger partial charge in [0, 0.05) is 81.0 Å². The van der Waals surface area contributed by atoms with Gasteiger partial charge in [-0.1, -0.05) is 50.3 Å². The van der Waals surface area contributed by atoms with Crippen LogP contribution in [0.15, 0.2) is 85.0 Å². The highest BCUT2D eigenvalue weighted by molar-refractivity contribution is 6.13. The largest absolute Gasteiger partial charge is 0.493 e. The van der Waals surface area contributed by atoms with E-state index in [9.17, 15) is 58.2 Å². The molecule has 10 amide bonds. The van der Waals surface area contributed by atoms with E-state index in [1.165, 1.54) is 55.2 Å². The highest BCUT2D eigenvalue weighted by atomic mass is 16.6. The quantitative estimate of drug-likeness (QED) is 0.0273. The number of nitrogens with zero attached hydrogens (tertiary/aromatic N) is 5. The summed E-state index contributed by atoms with van der Waals surface area (Å²) < 4.78 is 41.4. The summed E-state index contributed by atoms with van der Waals surface area (Å²) in [6, 6.07) is 8.35. The van der Waals surface area contributed by atoms with E-state index < -0.39 is 107 Å². The van der Waals surface area contributed by atoms with Crippen molar-refractivity contribution in [2.45, 2.75) is 174 Å².